The Hall–Kier alpha value is -2.36. The molecule has 0 bridgehead atoms. The average Bonchev–Trinajstić information content (AvgIpc) is 3.37. The van der Waals surface area contributed by atoms with Crippen molar-refractivity contribution >= 4 is 55.7 Å². The number of carbonyl (C=O) groups is 2. The first-order valence-corrected chi connectivity index (χ1v) is 12.6. The molecule has 174 valence electrons. The fraction of sp³-hybridized carbons (Fsp3) is 0.348. The van der Waals surface area contributed by atoms with Crippen LogP contribution in [0.25, 0.3) is 0 Å². The highest BCUT2D eigenvalue weighted by Gasteiger charge is 2.28. The maximum atomic E-state index is 12.9. The van der Waals surface area contributed by atoms with Crippen molar-refractivity contribution in [1.82, 2.24) is 9.78 Å². The van der Waals surface area contributed by atoms with Gasteiger partial charge in [-0.1, -0.05) is 27.5 Å². The number of thiophene rings is 1. The largest absolute Gasteiger partial charge is 0.470 e. The van der Waals surface area contributed by atoms with Crippen molar-refractivity contribution in [3.8, 4) is 5.75 Å². The normalized spacial score (nSPS) is 13.0. The van der Waals surface area contributed by atoms with E-state index in [4.69, 9.17) is 21.1 Å². The van der Waals surface area contributed by atoms with E-state index in [-0.39, 0.29) is 18.5 Å². The molecule has 4 rings (SSSR count). The smallest absolute Gasteiger partial charge is 0.341 e. The van der Waals surface area contributed by atoms with Crippen molar-refractivity contribution in [2.45, 2.75) is 52.4 Å². The minimum atomic E-state index is -0.398. The molecule has 1 aliphatic carbocycles. The zero-order valence-electron chi connectivity index (χ0n) is 18.2. The van der Waals surface area contributed by atoms with E-state index >= 15 is 0 Å². The fourth-order valence-corrected chi connectivity index (χ4v) is 5.59. The van der Waals surface area contributed by atoms with Gasteiger partial charge in [-0.15, -0.1) is 11.3 Å². The number of rotatable bonds is 7. The third-order valence-corrected chi connectivity index (χ3v) is 7.06. The van der Waals surface area contributed by atoms with Gasteiger partial charge in [0.15, 0.2) is 12.4 Å². The molecule has 1 aliphatic rings. The molecular formula is C23H23BrClN3O4S. The van der Waals surface area contributed by atoms with E-state index in [1.807, 2.05) is 19.9 Å². The van der Waals surface area contributed by atoms with Crippen molar-refractivity contribution in [3.05, 3.63) is 61.7 Å². The first-order chi connectivity index (χ1) is 15.8. The van der Waals surface area contributed by atoms with Crippen LogP contribution in [0.1, 0.15) is 58.0 Å². The van der Waals surface area contributed by atoms with Gasteiger partial charge >= 0.3 is 5.97 Å². The number of aromatic nitrogens is 2. The molecule has 2 heterocycles. The van der Waals surface area contributed by atoms with Crippen LogP contribution >= 0.6 is 38.9 Å². The topological polar surface area (TPSA) is 82.5 Å². The second-order valence-electron chi connectivity index (χ2n) is 7.91. The molecule has 0 saturated carbocycles. The molecule has 1 N–H and O–H groups in total. The predicted molar refractivity (Wildman–Crippen MR) is 131 cm³/mol. The molecule has 0 radical (unpaired) electrons. The fourth-order valence-electron chi connectivity index (χ4n) is 3.59. The lowest BCUT2D eigenvalue weighted by atomic mass is 9.95. The number of hydrogen-bond donors (Lipinski definition) is 1. The summed E-state index contributed by atoms with van der Waals surface area (Å²) in [4.78, 5) is 26.8. The molecule has 2 aromatic heterocycles. The number of fused-ring (bicyclic) bond motifs is 1. The third-order valence-electron chi connectivity index (χ3n) is 5.06. The number of carbonyl (C=O) groups excluding carboxylic acids is 2. The summed E-state index contributed by atoms with van der Waals surface area (Å²) in [6.07, 6.45) is 5.22. The Morgan fingerprint density at radius 2 is 2.06 bits per heavy atom. The van der Waals surface area contributed by atoms with Crippen LogP contribution in [0.5, 0.6) is 5.75 Å². The first-order valence-electron chi connectivity index (χ1n) is 10.6. The van der Waals surface area contributed by atoms with E-state index < -0.39 is 11.9 Å². The minimum Gasteiger partial charge on any atom is -0.470 e. The van der Waals surface area contributed by atoms with Crippen LogP contribution in [0, 0.1) is 0 Å². The highest BCUT2D eigenvalue weighted by Crippen LogP contribution is 2.39. The molecule has 3 aromatic rings. The minimum absolute atomic E-state index is 0.0912. The van der Waals surface area contributed by atoms with Gasteiger partial charge in [0, 0.05) is 15.5 Å². The lowest BCUT2D eigenvalue weighted by Gasteiger charge is -2.14. The number of halogens is 2. The van der Waals surface area contributed by atoms with Crippen molar-refractivity contribution < 1.29 is 19.1 Å². The van der Waals surface area contributed by atoms with Crippen LogP contribution in [-0.4, -0.2) is 27.8 Å². The zero-order valence-corrected chi connectivity index (χ0v) is 21.3. The molecule has 0 unspecified atom stereocenters. The molecular weight excluding hydrogens is 530 g/mol. The number of amides is 1. The van der Waals surface area contributed by atoms with E-state index in [0.29, 0.717) is 21.3 Å². The molecule has 0 aliphatic heterocycles. The Bertz CT molecular complexity index is 1190. The number of nitrogens with one attached hydrogen (secondary N) is 1. The number of ether oxygens (including phenoxy) is 2. The zero-order chi connectivity index (χ0) is 23.5. The van der Waals surface area contributed by atoms with E-state index in [9.17, 15) is 9.59 Å². The van der Waals surface area contributed by atoms with Crippen molar-refractivity contribution in [1.29, 1.82) is 0 Å². The standard InChI is InChI=1S/C23H23BrClN3O4S/c1-13(2)32-23(30)20-15-5-3-4-6-19(15)33-22(20)26-21(29)17-9-10-28(27-17)12-31-18-8-7-14(24)11-16(18)25/h7-11,13H,3-6,12H2,1-2H3,(H,26,29). The lowest BCUT2D eigenvalue weighted by molar-refractivity contribution is 0.0378. The maximum Gasteiger partial charge on any atom is 0.341 e. The Morgan fingerprint density at radius 3 is 2.82 bits per heavy atom. The van der Waals surface area contributed by atoms with Gasteiger partial charge in [-0.05, 0) is 69.4 Å². The Balaban J connectivity index is 1.48. The molecule has 7 nitrogen and oxygen atoms in total. The Kier molecular flexibility index (Phi) is 7.41. The summed E-state index contributed by atoms with van der Waals surface area (Å²) in [5, 5.41) is 8.15. The summed E-state index contributed by atoms with van der Waals surface area (Å²) in [5.41, 5.74) is 1.69. The first kappa shape index (κ1) is 23.8. The molecule has 0 spiro atoms. The van der Waals surface area contributed by atoms with E-state index in [2.05, 4.69) is 26.3 Å². The van der Waals surface area contributed by atoms with Crippen LogP contribution < -0.4 is 10.1 Å². The van der Waals surface area contributed by atoms with Gasteiger partial charge < -0.3 is 14.8 Å². The van der Waals surface area contributed by atoms with Gasteiger partial charge in [0.05, 0.1) is 16.7 Å². The van der Waals surface area contributed by atoms with Crippen LogP contribution in [0.2, 0.25) is 5.02 Å². The summed E-state index contributed by atoms with van der Waals surface area (Å²) in [7, 11) is 0. The number of esters is 1. The van der Waals surface area contributed by atoms with E-state index in [1.54, 1.807) is 24.4 Å². The molecule has 10 heteroatoms. The molecule has 0 saturated heterocycles. The highest BCUT2D eigenvalue weighted by atomic mass is 79.9. The van der Waals surface area contributed by atoms with Crippen molar-refractivity contribution in [3.63, 3.8) is 0 Å². The molecule has 1 aromatic carbocycles. The van der Waals surface area contributed by atoms with Crippen LogP contribution in [0.4, 0.5) is 5.00 Å². The van der Waals surface area contributed by atoms with Crippen molar-refractivity contribution in [2.24, 2.45) is 0 Å². The summed E-state index contributed by atoms with van der Waals surface area (Å²) < 4.78 is 13.5. The van der Waals surface area contributed by atoms with Crippen LogP contribution in [0.3, 0.4) is 0 Å². The lowest BCUT2D eigenvalue weighted by Crippen LogP contribution is -2.18. The average molecular weight is 553 g/mol. The monoisotopic (exact) mass is 551 g/mol. The van der Waals surface area contributed by atoms with Crippen LogP contribution in [-0.2, 0) is 24.3 Å². The van der Waals surface area contributed by atoms with Gasteiger partial charge in [-0.25, -0.2) is 9.48 Å². The van der Waals surface area contributed by atoms with Gasteiger partial charge in [-0.3, -0.25) is 4.79 Å². The maximum absolute atomic E-state index is 12.9. The third kappa shape index (κ3) is 5.59. The van der Waals surface area contributed by atoms with Gasteiger partial charge in [0.2, 0.25) is 0 Å². The van der Waals surface area contributed by atoms with Gasteiger partial charge in [0.25, 0.3) is 5.91 Å². The predicted octanol–water partition coefficient (Wildman–Crippen LogP) is 6.09. The van der Waals surface area contributed by atoms with E-state index in [1.165, 1.54) is 16.0 Å². The number of benzene rings is 1. The second-order valence-corrected chi connectivity index (χ2v) is 10.3. The molecule has 0 atom stereocenters. The van der Waals surface area contributed by atoms with E-state index in [0.717, 1.165) is 40.6 Å². The Labute approximate surface area is 209 Å². The summed E-state index contributed by atoms with van der Waals surface area (Å²) >= 11 is 11.0. The molecule has 33 heavy (non-hydrogen) atoms. The van der Waals surface area contributed by atoms with Crippen LogP contribution in [0.15, 0.2) is 34.9 Å². The number of aryl methyl sites for hydroxylation is 1. The number of nitrogens with zero attached hydrogens (tertiary/aromatic N) is 2. The highest BCUT2D eigenvalue weighted by molar-refractivity contribution is 9.10. The number of anilines is 1. The number of hydrogen-bond acceptors (Lipinski definition) is 6. The SMILES string of the molecule is CC(C)OC(=O)c1c(NC(=O)c2ccn(COc3ccc(Br)cc3Cl)n2)sc2c1CCCC2. The van der Waals surface area contributed by atoms with Crippen molar-refractivity contribution in [2.75, 3.05) is 5.32 Å². The quantitative estimate of drug-likeness (QED) is 0.359. The van der Waals surface area contributed by atoms with Gasteiger partial charge in [0.1, 0.15) is 10.8 Å². The van der Waals surface area contributed by atoms with Gasteiger partial charge in [-0.2, -0.15) is 5.10 Å². The molecule has 1 amide bonds. The summed E-state index contributed by atoms with van der Waals surface area (Å²) in [6.45, 7) is 3.71. The summed E-state index contributed by atoms with van der Waals surface area (Å²) in [6, 6.07) is 6.91. The Morgan fingerprint density at radius 1 is 1.27 bits per heavy atom. The molecule has 0 fully saturated rings. The summed E-state index contributed by atoms with van der Waals surface area (Å²) in [5.74, 6) is -0.281. The second kappa shape index (κ2) is 10.3.